The van der Waals surface area contributed by atoms with Crippen LogP contribution in [0.4, 0.5) is 0 Å². The van der Waals surface area contributed by atoms with Crippen molar-refractivity contribution < 1.29 is 0 Å². The minimum absolute atomic E-state index is 1.09. The van der Waals surface area contributed by atoms with E-state index in [9.17, 15) is 0 Å². The van der Waals surface area contributed by atoms with Crippen molar-refractivity contribution in [2.24, 2.45) is 0 Å². The van der Waals surface area contributed by atoms with E-state index in [-0.39, 0.29) is 0 Å². The zero-order chi connectivity index (χ0) is 9.26. The van der Waals surface area contributed by atoms with E-state index in [0.29, 0.717) is 0 Å². The number of hydrogen-bond acceptors (Lipinski definition) is 1. The van der Waals surface area contributed by atoms with E-state index in [0.717, 1.165) is 5.69 Å². The van der Waals surface area contributed by atoms with Crippen LogP contribution in [0.25, 0.3) is 11.0 Å². The Morgan fingerprint density at radius 1 is 1.46 bits per heavy atom. The van der Waals surface area contributed by atoms with Gasteiger partial charge in [-0.3, -0.25) is 0 Å². The minimum atomic E-state index is 1.09. The Balaban J connectivity index is 2.53. The van der Waals surface area contributed by atoms with Gasteiger partial charge in [-0.2, -0.15) is 0 Å². The monoisotopic (exact) mass is 244 g/mol. The fourth-order valence-corrected chi connectivity index (χ4v) is 3.10. The van der Waals surface area contributed by atoms with Crippen molar-refractivity contribution in [3.8, 4) is 11.0 Å². The Morgan fingerprint density at radius 3 is 2.85 bits per heavy atom. The van der Waals surface area contributed by atoms with Crippen LogP contribution in [0.15, 0.2) is 30.1 Å². The van der Waals surface area contributed by atoms with Gasteiger partial charge < -0.3 is 0 Å². The third-order valence-electron chi connectivity index (χ3n) is 1.79. The molecular weight excluding hydrogens is 237 g/mol. The van der Waals surface area contributed by atoms with E-state index < -0.39 is 0 Å². The molecule has 0 atom stereocenters. The molecule has 0 aromatic carbocycles. The molecule has 0 fully saturated rings. The molecule has 0 aliphatic heterocycles. The van der Waals surface area contributed by atoms with Crippen LogP contribution < -0.4 is 0 Å². The van der Waals surface area contributed by atoms with Gasteiger partial charge in [0, 0.05) is 0 Å². The molecule has 2 heterocycles. The Morgan fingerprint density at radius 2 is 2.31 bits per heavy atom. The van der Waals surface area contributed by atoms with Crippen molar-refractivity contribution >= 4 is 27.0 Å². The molecule has 0 bridgehead atoms. The van der Waals surface area contributed by atoms with E-state index >= 15 is 0 Å². The van der Waals surface area contributed by atoms with E-state index in [4.69, 9.17) is 0 Å². The normalized spacial score (nSPS) is 10.8. The number of aromatic nitrogens is 2. The quantitative estimate of drug-likeness (QED) is 0.705. The Labute approximate surface area is 89.3 Å². The van der Waals surface area contributed by atoms with Crippen LogP contribution in [0, 0.1) is 6.92 Å². The number of hydrogen-bond donors (Lipinski definition) is 0. The first-order chi connectivity index (χ1) is 6.27. The Bertz CT molecular complexity index is 411. The summed E-state index contributed by atoms with van der Waals surface area (Å²) in [6.45, 7) is 2.03. The van der Waals surface area contributed by atoms with Crippen LogP contribution in [0.3, 0.4) is 0 Å². The first-order valence-corrected chi connectivity index (χ1v) is 6.05. The van der Waals surface area contributed by atoms with Crippen LogP contribution >= 0.6 is 8.19 Å². The van der Waals surface area contributed by atoms with Gasteiger partial charge in [0.25, 0.3) is 0 Å². The van der Waals surface area contributed by atoms with Crippen molar-refractivity contribution in [3.63, 3.8) is 0 Å². The summed E-state index contributed by atoms with van der Waals surface area (Å²) in [5, 5.41) is 5.67. The number of rotatable bonds is 1. The standard InChI is InChI=1S/C9H8N2P.Ga/c1-7-6-8(11-10-7)9-4-2-3-5-12-9;/h2-6H,1H3;/q-1;+1. The number of nitrogens with zero attached hydrogens (tertiary/aromatic N) is 2. The molecule has 2 radical (unpaired) electrons. The zero-order valence-electron chi connectivity index (χ0n) is 7.31. The molecule has 2 rings (SSSR count). The molecule has 62 valence electrons. The van der Waals surface area contributed by atoms with Crippen molar-refractivity contribution in [1.29, 1.82) is 0 Å². The van der Waals surface area contributed by atoms with Gasteiger partial charge in [-0.15, -0.1) is 0 Å². The maximum atomic E-state index is 4.35. The summed E-state index contributed by atoms with van der Waals surface area (Å²) in [4.78, 5) is 0. The van der Waals surface area contributed by atoms with E-state index in [1.54, 1.807) is 0 Å². The SMILES string of the molecule is Cc1cc(-c2ccccp2)[n]([Ga])n1. The second-order valence-corrected chi connectivity index (χ2v) is 4.89. The fourth-order valence-electron chi connectivity index (χ4n) is 1.22. The van der Waals surface area contributed by atoms with Gasteiger partial charge in [0.2, 0.25) is 0 Å². The van der Waals surface area contributed by atoms with Crippen molar-refractivity contribution in [1.82, 2.24) is 8.49 Å². The third-order valence-corrected chi connectivity index (χ3v) is 3.59. The molecule has 0 N–H and O–H groups in total. The van der Waals surface area contributed by atoms with Crippen molar-refractivity contribution in [2.75, 3.05) is 0 Å². The third kappa shape index (κ3) is 1.88. The molecule has 2 aromatic heterocycles. The fraction of sp³-hybridized carbons (Fsp3) is 0.111. The van der Waals surface area contributed by atoms with Gasteiger partial charge in [0.05, 0.1) is 0 Å². The summed E-state index contributed by atoms with van der Waals surface area (Å²) in [7, 11) is 1.26. The predicted octanol–water partition coefficient (Wildman–Crippen LogP) is 2.37. The van der Waals surface area contributed by atoms with Gasteiger partial charge in [0.15, 0.2) is 0 Å². The Kier molecular flexibility index (Phi) is 2.58. The van der Waals surface area contributed by atoms with Gasteiger partial charge in [-0.1, -0.05) is 0 Å². The topological polar surface area (TPSA) is 17.8 Å². The second-order valence-electron chi connectivity index (χ2n) is 2.83. The summed E-state index contributed by atoms with van der Waals surface area (Å²) in [5.41, 5.74) is 2.32. The Hall–Kier alpha value is -0.504. The van der Waals surface area contributed by atoms with E-state index in [2.05, 4.69) is 35.2 Å². The molecular formula is C9H8GaN2P. The van der Waals surface area contributed by atoms with Crippen LogP contribution in [0.1, 0.15) is 5.69 Å². The summed E-state index contributed by atoms with van der Waals surface area (Å²) in [5.74, 6) is 2.14. The average Bonchev–Trinajstić information content (AvgIpc) is 2.47. The van der Waals surface area contributed by atoms with Crippen LogP contribution in [-0.4, -0.2) is 27.3 Å². The van der Waals surface area contributed by atoms with Crippen LogP contribution in [-0.2, 0) is 0 Å². The molecule has 0 spiro atoms. The van der Waals surface area contributed by atoms with Crippen LogP contribution in [0.5, 0.6) is 0 Å². The molecule has 0 saturated carbocycles. The van der Waals surface area contributed by atoms with Crippen LogP contribution in [0.2, 0.25) is 0 Å². The van der Waals surface area contributed by atoms with Gasteiger partial charge in [-0.25, -0.2) is 0 Å². The van der Waals surface area contributed by atoms with E-state index in [1.165, 1.54) is 38.0 Å². The van der Waals surface area contributed by atoms with Crippen molar-refractivity contribution in [3.05, 3.63) is 35.8 Å². The summed E-state index contributed by atoms with van der Waals surface area (Å²) >= 11 is 1.52. The summed E-state index contributed by atoms with van der Waals surface area (Å²) in [6, 6.07) is 8.42. The van der Waals surface area contributed by atoms with E-state index in [1.807, 2.05) is 10.3 Å². The molecule has 0 aliphatic rings. The first kappa shape index (κ1) is 9.07. The zero-order valence-corrected chi connectivity index (χ0v) is 10.6. The number of aryl methyl sites for hydroxylation is 1. The van der Waals surface area contributed by atoms with Gasteiger partial charge in [0.1, 0.15) is 0 Å². The first-order valence-electron chi connectivity index (χ1n) is 4.00. The van der Waals surface area contributed by atoms with Gasteiger partial charge in [-0.05, 0) is 0 Å². The molecule has 2 aromatic rings. The van der Waals surface area contributed by atoms with Crippen molar-refractivity contribution in [2.45, 2.75) is 6.92 Å². The average molecular weight is 245 g/mol. The second kappa shape index (κ2) is 3.70. The molecule has 0 saturated heterocycles. The summed E-state index contributed by atoms with van der Waals surface area (Å²) < 4.78 is 1.99. The molecule has 0 aliphatic carbocycles. The predicted molar refractivity (Wildman–Crippen MR) is 56.1 cm³/mol. The summed E-state index contributed by atoms with van der Waals surface area (Å²) in [6.07, 6.45) is 0. The van der Waals surface area contributed by atoms with Gasteiger partial charge >= 0.3 is 89.2 Å². The molecule has 4 heteroatoms. The molecule has 0 unspecified atom stereocenters. The molecule has 0 amide bonds. The molecule has 2 nitrogen and oxygen atoms in total. The molecule has 13 heavy (non-hydrogen) atoms. The maximum absolute atomic E-state index is 4.35.